The molecule has 0 aromatic heterocycles. The highest BCUT2D eigenvalue weighted by Gasteiger charge is 2.19. The summed E-state index contributed by atoms with van der Waals surface area (Å²) in [5.41, 5.74) is 5.92. The first-order valence-corrected chi connectivity index (χ1v) is 10.2. The Hall–Kier alpha value is -2.26. The highest BCUT2D eigenvalue weighted by Crippen LogP contribution is 2.28. The Kier molecular flexibility index (Phi) is 5.78. The molecule has 27 heavy (non-hydrogen) atoms. The molecule has 0 radical (unpaired) electrons. The van der Waals surface area contributed by atoms with E-state index in [4.69, 9.17) is 4.74 Å². The smallest absolute Gasteiger partial charge is 0.142 e. The van der Waals surface area contributed by atoms with E-state index >= 15 is 0 Å². The van der Waals surface area contributed by atoms with Gasteiger partial charge in [-0.2, -0.15) is 0 Å². The largest absolute Gasteiger partial charge is 0.495 e. The normalized spacial score (nSPS) is 19.6. The van der Waals surface area contributed by atoms with Crippen LogP contribution in [0.2, 0.25) is 0 Å². The van der Waals surface area contributed by atoms with Gasteiger partial charge in [0.1, 0.15) is 5.75 Å². The predicted molar refractivity (Wildman–Crippen MR) is 113 cm³/mol. The van der Waals surface area contributed by atoms with Crippen LogP contribution in [0.25, 0.3) is 0 Å². The van der Waals surface area contributed by atoms with E-state index in [0.29, 0.717) is 0 Å². The van der Waals surface area contributed by atoms with Crippen molar-refractivity contribution in [1.82, 2.24) is 4.90 Å². The minimum atomic E-state index is 0.977. The lowest BCUT2D eigenvalue weighted by molar-refractivity contribution is 0.282. The fourth-order valence-electron chi connectivity index (χ4n) is 4.31. The molecule has 1 aliphatic heterocycles. The van der Waals surface area contributed by atoms with Gasteiger partial charge in [-0.1, -0.05) is 48.0 Å². The molecule has 142 valence electrons. The van der Waals surface area contributed by atoms with Gasteiger partial charge >= 0.3 is 0 Å². The highest BCUT2D eigenvalue weighted by atomic mass is 16.5. The highest BCUT2D eigenvalue weighted by molar-refractivity contribution is 5.58. The molecule has 0 N–H and O–H groups in total. The van der Waals surface area contributed by atoms with Crippen LogP contribution in [0.15, 0.2) is 60.2 Å². The standard InChI is InChI=1S/C24H30N2O/c1-27-24-12-5-4-11-23(24)26-17-15-25(16-18-26)14-13-20-7-6-10-21-8-2-3-9-22(21)19-20/h2-5,8-9,11-13H,6-7,10,14-19H2,1H3. The zero-order valence-corrected chi connectivity index (χ0v) is 16.4. The van der Waals surface area contributed by atoms with Crippen molar-refractivity contribution in [2.24, 2.45) is 0 Å². The third-order valence-electron chi connectivity index (χ3n) is 5.92. The van der Waals surface area contributed by atoms with E-state index < -0.39 is 0 Å². The second-order valence-corrected chi connectivity index (χ2v) is 7.62. The summed E-state index contributed by atoms with van der Waals surface area (Å²) in [6.45, 7) is 5.42. The van der Waals surface area contributed by atoms with Gasteiger partial charge in [-0.25, -0.2) is 0 Å². The number of fused-ring (bicyclic) bond motifs is 1. The number of piperazine rings is 1. The number of allylic oxidation sites excluding steroid dienone is 1. The van der Waals surface area contributed by atoms with Gasteiger partial charge in [-0.15, -0.1) is 0 Å². The Morgan fingerprint density at radius 1 is 0.889 bits per heavy atom. The summed E-state index contributed by atoms with van der Waals surface area (Å²) >= 11 is 0. The molecular weight excluding hydrogens is 332 g/mol. The summed E-state index contributed by atoms with van der Waals surface area (Å²) in [6, 6.07) is 17.3. The molecule has 0 saturated carbocycles. The summed E-state index contributed by atoms with van der Waals surface area (Å²) in [5.74, 6) is 0.977. The Morgan fingerprint density at radius 2 is 1.63 bits per heavy atom. The zero-order chi connectivity index (χ0) is 18.5. The van der Waals surface area contributed by atoms with E-state index in [-0.39, 0.29) is 0 Å². The van der Waals surface area contributed by atoms with Crippen LogP contribution >= 0.6 is 0 Å². The Labute approximate surface area is 163 Å². The molecule has 1 fully saturated rings. The van der Waals surface area contributed by atoms with Gasteiger partial charge in [0.25, 0.3) is 0 Å². The summed E-state index contributed by atoms with van der Waals surface area (Å²) in [5, 5.41) is 0. The second-order valence-electron chi connectivity index (χ2n) is 7.62. The zero-order valence-electron chi connectivity index (χ0n) is 16.4. The van der Waals surface area contributed by atoms with Crippen molar-refractivity contribution in [2.75, 3.05) is 44.7 Å². The number of benzene rings is 2. The molecule has 4 rings (SSSR count). The first kappa shape index (κ1) is 18.1. The number of hydrogen-bond donors (Lipinski definition) is 0. The van der Waals surface area contributed by atoms with E-state index in [1.807, 2.05) is 6.07 Å². The van der Waals surface area contributed by atoms with Crippen molar-refractivity contribution in [1.29, 1.82) is 0 Å². The van der Waals surface area contributed by atoms with Crippen LogP contribution in [0.5, 0.6) is 5.75 Å². The monoisotopic (exact) mass is 362 g/mol. The average Bonchev–Trinajstić information content (AvgIpc) is 2.94. The summed E-state index contributed by atoms with van der Waals surface area (Å²) in [4.78, 5) is 5.03. The van der Waals surface area contributed by atoms with Gasteiger partial charge < -0.3 is 9.64 Å². The molecule has 2 aliphatic rings. The molecular formula is C24H30N2O. The number of nitrogens with zero attached hydrogens (tertiary/aromatic N) is 2. The SMILES string of the molecule is COc1ccccc1N1CCN(CC=C2CCCc3ccccc3C2)CC1. The van der Waals surface area contributed by atoms with Crippen LogP contribution in [-0.4, -0.2) is 44.7 Å². The summed E-state index contributed by atoms with van der Waals surface area (Å²) in [6.07, 6.45) is 7.39. The molecule has 0 spiro atoms. The minimum Gasteiger partial charge on any atom is -0.495 e. The number of para-hydroxylation sites is 2. The average molecular weight is 363 g/mol. The Bertz CT molecular complexity index is 790. The number of aryl methyl sites for hydroxylation is 1. The third kappa shape index (κ3) is 4.36. The van der Waals surface area contributed by atoms with Gasteiger partial charge in [0.05, 0.1) is 12.8 Å². The molecule has 1 heterocycles. The Morgan fingerprint density at radius 3 is 2.44 bits per heavy atom. The maximum atomic E-state index is 5.53. The fraction of sp³-hybridized carbons (Fsp3) is 0.417. The number of anilines is 1. The third-order valence-corrected chi connectivity index (χ3v) is 5.92. The lowest BCUT2D eigenvalue weighted by Gasteiger charge is -2.36. The van der Waals surface area contributed by atoms with Crippen molar-refractivity contribution < 1.29 is 4.74 Å². The van der Waals surface area contributed by atoms with Crippen LogP contribution in [-0.2, 0) is 12.8 Å². The van der Waals surface area contributed by atoms with E-state index in [2.05, 4.69) is 58.3 Å². The van der Waals surface area contributed by atoms with Gasteiger partial charge in [0, 0.05) is 32.7 Å². The lowest BCUT2D eigenvalue weighted by Crippen LogP contribution is -2.46. The van der Waals surface area contributed by atoms with Crippen LogP contribution in [0.1, 0.15) is 24.0 Å². The molecule has 1 aliphatic carbocycles. The fourth-order valence-corrected chi connectivity index (χ4v) is 4.31. The topological polar surface area (TPSA) is 15.7 Å². The van der Waals surface area contributed by atoms with Gasteiger partial charge in [0.2, 0.25) is 0 Å². The van der Waals surface area contributed by atoms with Gasteiger partial charge in [-0.05, 0) is 48.9 Å². The number of methoxy groups -OCH3 is 1. The van der Waals surface area contributed by atoms with Gasteiger partial charge in [-0.3, -0.25) is 4.90 Å². The van der Waals surface area contributed by atoms with E-state index in [1.54, 1.807) is 18.2 Å². The van der Waals surface area contributed by atoms with Crippen LogP contribution in [0, 0.1) is 0 Å². The van der Waals surface area contributed by atoms with Crippen LogP contribution in [0.4, 0.5) is 5.69 Å². The maximum absolute atomic E-state index is 5.53. The van der Waals surface area contributed by atoms with Crippen molar-refractivity contribution in [2.45, 2.75) is 25.7 Å². The van der Waals surface area contributed by atoms with Crippen molar-refractivity contribution in [3.8, 4) is 5.75 Å². The van der Waals surface area contributed by atoms with Crippen LogP contribution < -0.4 is 9.64 Å². The minimum absolute atomic E-state index is 0.977. The predicted octanol–water partition coefficient (Wildman–Crippen LogP) is 4.32. The molecule has 0 atom stereocenters. The second kappa shape index (κ2) is 8.62. The van der Waals surface area contributed by atoms with Crippen LogP contribution in [0.3, 0.4) is 0 Å². The van der Waals surface area contributed by atoms with E-state index in [1.165, 1.54) is 30.5 Å². The van der Waals surface area contributed by atoms with Crippen molar-refractivity contribution in [3.63, 3.8) is 0 Å². The number of hydrogen-bond acceptors (Lipinski definition) is 3. The van der Waals surface area contributed by atoms with Crippen molar-refractivity contribution >= 4 is 5.69 Å². The van der Waals surface area contributed by atoms with Gasteiger partial charge in [0.15, 0.2) is 0 Å². The molecule has 0 bridgehead atoms. The van der Waals surface area contributed by atoms with E-state index in [9.17, 15) is 0 Å². The lowest BCUT2D eigenvalue weighted by atomic mass is 10.0. The van der Waals surface area contributed by atoms with E-state index in [0.717, 1.165) is 44.9 Å². The maximum Gasteiger partial charge on any atom is 0.142 e. The summed E-state index contributed by atoms with van der Waals surface area (Å²) in [7, 11) is 1.76. The molecule has 3 heteroatoms. The molecule has 2 aromatic carbocycles. The number of rotatable bonds is 4. The molecule has 1 saturated heterocycles. The first-order valence-electron chi connectivity index (χ1n) is 10.2. The summed E-state index contributed by atoms with van der Waals surface area (Å²) < 4.78 is 5.53. The first-order chi connectivity index (χ1) is 13.3. The molecule has 2 aromatic rings. The van der Waals surface area contributed by atoms with Crippen molar-refractivity contribution in [3.05, 3.63) is 71.3 Å². The molecule has 0 amide bonds. The number of ether oxygens (including phenoxy) is 1. The molecule has 0 unspecified atom stereocenters. The quantitative estimate of drug-likeness (QED) is 0.595. The Balaban J connectivity index is 1.34. The molecule has 3 nitrogen and oxygen atoms in total.